The third-order valence-corrected chi connectivity index (χ3v) is 2.53. The van der Waals surface area contributed by atoms with Crippen molar-refractivity contribution >= 4 is 17.8 Å². The van der Waals surface area contributed by atoms with E-state index in [4.69, 9.17) is 22.0 Å². The molecule has 7 nitrogen and oxygen atoms in total. The Hall–Kier alpha value is -2.59. The minimum atomic E-state index is -1.18. The van der Waals surface area contributed by atoms with E-state index in [1.54, 1.807) is 19.1 Å². The molecule has 1 amide bonds. The van der Waals surface area contributed by atoms with Crippen LogP contribution in [0.5, 0.6) is 0 Å². The number of nitrogens with two attached hydrogens (primary N) is 1. The van der Waals surface area contributed by atoms with Gasteiger partial charge in [-0.05, 0) is 13.3 Å². The van der Waals surface area contributed by atoms with Gasteiger partial charge in [-0.25, -0.2) is 0 Å². The number of rotatable bonds is 8. The lowest BCUT2D eigenvalue weighted by molar-refractivity contribution is -0.140. The normalized spacial score (nSPS) is 13.0. The van der Waals surface area contributed by atoms with Crippen LogP contribution in [0.25, 0.3) is 0 Å². The largest absolute Gasteiger partial charge is 0.480 e. The molecule has 22 heavy (non-hydrogen) atoms. The number of carboxylic acids is 1. The van der Waals surface area contributed by atoms with E-state index in [2.05, 4.69) is 11.2 Å². The fraction of sp³-hybridized carbons (Fsp3) is 0.400. The number of allylic oxidation sites excluding steroid dienone is 2. The van der Waals surface area contributed by atoms with Gasteiger partial charge in [0.15, 0.2) is 0 Å². The first kappa shape index (κ1) is 19.4. The van der Waals surface area contributed by atoms with E-state index in [9.17, 15) is 14.4 Å². The van der Waals surface area contributed by atoms with Crippen molar-refractivity contribution in [3.8, 4) is 12.3 Å². The Bertz CT molecular complexity index is 529. The highest BCUT2D eigenvalue weighted by Gasteiger charge is 2.14. The van der Waals surface area contributed by atoms with Gasteiger partial charge in [0.2, 0.25) is 5.91 Å². The number of nitrogens with one attached hydrogen (secondary N) is 1. The zero-order valence-corrected chi connectivity index (χ0v) is 12.6. The van der Waals surface area contributed by atoms with Gasteiger partial charge in [-0.2, -0.15) is 0 Å². The molecule has 4 N–H and O–H groups in total. The number of carboxylic acid groups (broad SMARTS) is 1. The lowest BCUT2D eigenvalue weighted by Gasteiger charge is -2.11. The molecule has 7 heteroatoms. The van der Waals surface area contributed by atoms with Crippen LogP contribution in [0.2, 0.25) is 0 Å². The molecule has 0 aromatic heterocycles. The van der Waals surface area contributed by atoms with Crippen molar-refractivity contribution in [1.29, 1.82) is 0 Å². The summed E-state index contributed by atoms with van der Waals surface area (Å²) in [6.45, 7) is 2.93. The predicted molar refractivity (Wildman–Crippen MR) is 80.3 cm³/mol. The molecule has 0 aliphatic heterocycles. The van der Waals surface area contributed by atoms with Gasteiger partial charge in [-0.1, -0.05) is 18.1 Å². The van der Waals surface area contributed by atoms with Crippen molar-refractivity contribution in [3.05, 3.63) is 23.4 Å². The lowest BCUT2D eigenvalue weighted by atomic mass is 10.1. The number of amides is 1. The number of hydrogen-bond donors (Lipinski definition) is 3. The maximum Gasteiger partial charge on any atom is 0.320 e. The second kappa shape index (κ2) is 10.2. The summed E-state index contributed by atoms with van der Waals surface area (Å²) in [4.78, 5) is 33.2. The van der Waals surface area contributed by atoms with Crippen LogP contribution in [0.4, 0.5) is 0 Å². The van der Waals surface area contributed by atoms with E-state index in [1.165, 1.54) is 6.92 Å². The summed E-state index contributed by atoms with van der Waals surface area (Å²) in [6.07, 6.45) is 8.54. The minimum absolute atomic E-state index is 0.0120. The van der Waals surface area contributed by atoms with Gasteiger partial charge in [0.05, 0.1) is 5.70 Å². The molecule has 0 saturated carbocycles. The minimum Gasteiger partial charge on any atom is -0.480 e. The highest BCUT2D eigenvalue weighted by Crippen LogP contribution is 2.06. The zero-order chi connectivity index (χ0) is 17.1. The van der Waals surface area contributed by atoms with E-state index >= 15 is 0 Å². The van der Waals surface area contributed by atoms with Gasteiger partial charge < -0.3 is 20.9 Å². The molecule has 0 heterocycles. The maximum atomic E-state index is 11.8. The Morgan fingerprint density at radius 3 is 2.55 bits per heavy atom. The first-order chi connectivity index (χ1) is 10.3. The molecule has 0 aliphatic carbocycles. The Morgan fingerprint density at radius 1 is 1.45 bits per heavy atom. The first-order valence-corrected chi connectivity index (χ1v) is 6.55. The zero-order valence-electron chi connectivity index (χ0n) is 12.6. The van der Waals surface area contributed by atoms with E-state index in [1.807, 2.05) is 0 Å². The molecule has 0 saturated heterocycles. The smallest absolute Gasteiger partial charge is 0.320 e. The summed E-state index contributed by atoms with van der Waals surface area (Å²) in [7, 11) is 0. The van der Waals surface area contributed by atoms with Crippen molar-refractivity contribution in [2.75, 3.05) is 6.61 Å². The highest BCUT2D eigenvalue weighted by atomic mass is 16.5. The number of ether oxygens (including phenoxy) is 1. The third-order valence-electron chi connectivity index (χ3n) is 2.53. The second-order valence-electron chi connectivity index (χ2n) is 4.36. The van der Waals surface area contributed by atoms with E-state index < -0.39 is 23.9 Å². The summed E-state index contributed by atoms with van der Waals surface area (Å²) in [5.41, 5.74) is 5.93. The molecule has 0 bridgehead atoms. The molecular formula is C15H20N2O5. The summed E-state index contributed by atoms with van der Waals surface area (Å²) in [5, 5.41) is 11.1. The molecule has 120 valence electrons. The quantitative estimate of drug-likeness (QED) is 0.337. The molecule has 0 fully saturated rings. The molecule has 0 rings (SSSR count). The molecule has 0 radical (unpaired) electrons. The highest BCUT2D eigenvalue weighted by molar-refractivity contribution is 5.80. The Labute approximate surface area is 129 Å². The van der Waals surface area contributed by atoms with E-state index in [0.717, 1.165) is 0 Å². The van der Waals surface area contributed by atoms with Crippen molar-refractivity contribution in [1.82, 2.24) is 5.32 Å². The Morgan fingerprint density at radius 2 is 2.09 bits per heavy atom. The van der Waals surface area contributed by atoms with Crippen molar-refractivity contribution in [2.24, 2.45) is 5.73 Å². The fourth-order valence-corrected chi connectivity index (χ4v) is 1.41. The average molecular weight is 308 g/mol. The number of carbonyl (C=O) groups excluding carboxylic acids is 2. The number of carbonyl (C=O) groups is 3. The number of esters is 1. The van der Waals surface area contributed by atoms with Gasteiger partial charge in [0, 0.05) is 18.9 Å². The standard InChI is InChI=1S/C15H20N2O5/c1-4-6-11(9-22-10(3)18)13(5-2)17-14(19)8-7-12(16)15(20)21/h2,4,6,12H,7-9,16H2,1,3H3,(H,17,19)(H,20,21)/b6-4-,13-11-/t12-/m0/s1. The predicted octanol–water partition coefficient (Wildman–Crippen LogP) is 0.321. The van der Waals surface area contributed by atoms with Crippen molar-refractivity contribution < 1.29 is 24.2 Å². The average Bonchev–Trinajstić information content (AvgIpc) is 2.46. The molecule has 0 aliphatic rings. The van der Waals surface area contributed by atoms with Crippen LogP contribution in [0, 0.1) is 12.3 Å². The summed E-state index contributed by atoms with van der Waals surface area (Å²) in [5.74, 6) is 0.195. The van der Waals surface area contributed by atoms with Crippen molar-refractivity contribution in [2.45, 2.75) is 32.7 Å². The van der Waals surface area contributed by atoms with Crippen LogP contribution in [0.15, 0.2) is 23.4 Å². The first-order valence-electron chi connectivity index (χ1n) is 6.55. The lowest BCUT2D eigenvalue weighted by Crippen LogP contribution is -2.32. The molecule has 0 spiro atoms. The molecular weight excluding hydrogens is 288 g/mol. The molecule has 1 atom stereocenters. The van der Waals surface area contributed by atoms with Crippen LogP contribution < -0.4 is 11.1 Å². The number of aliphatic carboxylic acids is 1. The maximum absolute atomic E-state index is 11.8. The monoisotopic (exact) mass is 308 g/mol. The number of terminal acetylenes is 1. The van der Waals surface area contributed by atoms with Gasteiger partial charge in [-0.15, -0.1) is 6.42 Å². The molecule has 0 unspecified atom stereocenters. The second-order valence-corrected chi connectivity index (χ2v) is 4.36. The van der Waals surface area contributed by atoms with Crippen LogP contribution >= 0.6 is 0 Å². The Kier molecular flexibility index (Phi) is 8.98. The number of hydrogen-bond acceptors (Lipinski definition) is 5. The fourth-order valence-electron chi connectivity index (χ4n) is 1.41. The van der Waals surface area contributed by atoms with Crippen molar-refractivity contribution in [3.63, 3.8) is 0 Å². The molecule has 0 aromatic carbocycles. The van der Waals surface area contributed by atoms with Gasteiger partial charge >= 0.3 is 11.9 Å². The summed E-state index contributed by atoms with van der Waals surface area (Å²) < 4.78 is 4.86. The van der Waals surface area contributed by atoms with Crippen LogP contribution in [0.1, 0.15) is 26.7 Å². The third kappa shape index (κ3) is 7.87. The SMILES string of the molecule is C#C/C(NC(=O)CC[C@H](N)C(=O)O)=C(\C=C/C)COC(C)=O. The topological polar surface area (TPSA) is 119 Å². The van der Waals surface area contributed by atoms with Gasteiger partial charge in [-0.3, -0.25) is 14.4 Å². The van der Waals surface area contributed by atoms with Crippen LogP contribution in [0.3, 0.4) is 0 Å². The van der Waals surface area contributed by atoms with E-state index in [0.29, 0.717) is 5.57 Å². The van der Waals surface area contributed by atoms with Crippen LogP contribution in [-0.2, 0) is 19.1 Å². The van der Waals surface area contributed by atoms with Crippen LogP contribution in [-0.4, -0.2) is 35.6 Å². The summed E-state index contributed by atoms with van der Waals surface area (Å²) in [6, 6.07) is -1.11. The van der Waals surface area contributed by atoms with Gasteiger partial charge in [0.25, 0.3) is 0 Å². The van der Waals surface area contributed by atoms with Gasteiger partial charge in [0.1, 0.15) is 12.6 Å². The summed E-state index contributed by atoms with van der Waals surface area (Å²) >= 11 is 0. The molecule has 0 aromatic rings. The Balaban J connectivity index is 4.86. The van der Waals surface area contributed by atoms with E-state index in [-0.39, 0.29) is 25.1 Å².